The molecule has 0 radical (unpaired) electrons. The van der Waals surface area contributed by atoms with E-state index in [1.807, 2.05) is 24.3 Å². The summed E-state index contributed by atoms with van der Waals surface area (Å²) in [7, 11) is 0. The molecule has 0 heterocycles. The standard InChI is InChI=1S/C14H14O2/c1-2-3-8-14(13(15)16)9-11-6-4-5-7-12(11)10-14/h4-7H,8-10H2,1H3,(H,15,16). The lowest BCUT2D eigenvalue weighted by atomic mass is 9.82. The van der Waals surface area contributed by atoms with Crippen LogP contribution in [0.2, 0.25) is 0 Å². The maximum absolute atomic E-state index is 11.4. The van der Waals surface area contributed by atoms with Crippen LogP contribution >= 0.6 is 0 Å². The van der Waals surface area contributed by atoms with Crippen LogP contribution in [-0.4, -0.2) is 11.1 Å². The van der Waals surface area contributed by atoms with E-state index in [-0.39, 0.29) is 0 Å². The van der Waals surface area contributed by atoms with Crippen LogP contribution in [0.25, 0.3) is 0 Å². The van der Waals surface area contributed by atoms with Gasteiger partial charge in [-0.3, -0.25) is 4.79 Å². The highest BCUT2D eigenvalue weighted by Crippen LogP contribution is 2.39. The molecule has 0 fully saturated rings. The van der Waals surface area contributed by atoms with Crippen molar-refractivity contribution in [3.63, 3.8) is 0 Å². The van der Waals surface area contributed by atoms with Crippen molar-refractivity contribution in [2.45, 2.75) is 26.2 Å². The Bertz CT molecular complexity index is 452. The lowest BCUT2D eigenvalue weighted by Crippen LogP contribution is -2.31. The van der Waals surface area contributed by atoms with E-state index in [1.165, 1.54) is 0 Å². The van der Waals surface area contributed by atoms with E-state index in [0.717, 1.165) is 11.1 Å². The van der Waals surface area contributed by atoms with Crippen LogP contribution in [0, 0.1) is 17.3 Å². The van der Waals surface area contributed by atoms with Gasteiger partial charge in [-0.15, -0.1) is 11.8 Å². The van der Waals surface area contributed by atoms with Crippen molar-refractivity contribution in [3.05, 3.63) is 35.4 Å². The second-order valence-electron chi connectivity index (χ2n) is 4.31. The van der Waals surface area contributed by atoms with Crippen molar-refractivity contribution in [1.29, 1.82) is 0 Å². The molecule has 2 rings (SSSR count). The maximum Gasteiger partial charge on any atom is 0.311 e. The first-order valence-corrected chi connectivity index (χ1v) is 5.38. The van der Waals surface area contributed by atoms with Crippen molar-refractivity contribution in [2.24, 2.45) is 5.41 Å². The molecule has 2 heteroatoms. The SMILES string of the molecule is CC#CCC1(C(=O)O)Cc2ccccc2C1. The second-order valence-corrected chi connectivity index (χ2v) is 4.31. The molecule has 16 heavy (non-hydrogen) atoms. The van der Waals surface area contributed by atoms with Crippen LogP contribution in [0.1, 0.15) is 24.5 Å². The summed E-state index contributed by atoms with van der Waals surface area (Å²) >= 11 is 0. The molecular formula is C14H14O2. The number of carboxylic acid groups (broad SMARTS) is 1. The number of carbonyl (C=O) groups is 1. The third-order valence-electron chi connectivity index (χ3n) is 3.23. The lowest BCUT2D eigenvalue weighted by Gasteiger charge is -2.20. The van der Waals surface area contributed by atoms with E-state index in [2.05, 4.69) is 11.8 Å². The smallest absolute Gasteiger partial charge is 0.311 e. The van der Waals surface area contributed by atoms with Gasteiger partial charge >= 0.3 is 5.97 Å². The summed E-state index contributed by atoms with van der Waals surface area (Å²) in [6.07, 6.45) is 1.65. The lowest BCUT2D eigenvalue weighted by molar-refractivity contribution is -0.148. The van der Waals surface area contributed by atoms with Gasteiger partial charge in [-0.2, -0.15) is 0 Å². The molecule has 0 aliphatic heterocycles. The third-order valence-corrected chi connectivity index (χ3v) is 3.23. The molecule has 0 amide bonds. The van der Waals surface area contributed by atoms with Crippen molar-refractivity contribution in [2.75, 3.05) is 0 Å². The average molecular weight is 214 g/mol. The van der Waals surface area contributed by atoms with E-state index in [9.17, 15) is 9.90 Å². The number of hydrogen-bond acceptors (Lipinski definition) is 1. The number of benzene rings is 1. The fourth-order valence-electron chi connectivity index (χ4n) is 2.30. The molecule has 1 aromatic carbocycles. The molecule has 1 aliphatic rings. The quantitative estimate of drug-likeness (QED) is 0.767. The molecule has 0 saturated carbocycles. The topological polar surface area (TPSA) is 37.3 Å². The van der Waals surface area contributed by atoms with Gasteiger partial charge in [-0.25, -0.2) is 0 Å². The van der Waals surface area contributed by atoms with Crippen LogP contribution in [-0.2, 0) is 17.6 Å². The minimum absolute atomic E-state index is 0.438. The van der Waals surface area contributed by atoms with Gasteiger partial charge in [0, 0.05) is 6.42 Å². The summed E-state index contributed by atoms with van der Waals surface area (Å²) in [4.78, 5) is 11.4. The minimum Gasteiger partial charge on any atom is -0.481 e. The Kier molecular flexibility index (Phi) is 2.70. The van der Waals surface area contributed by atoms with Gasteiger partial charge in [0.2, 0.25) is 0 Å². The first-order valence-electron chi connectivity index (χ1n) is 5.38. The van der Waals surface area contributed by atoms with E-state index < -0.39 is 11.4 Å². The van der Waals surface area contributed by atoms with Gasteiger partial charge in [-0.05, 0) is 30.9 Å². The molecule has 0 spiro atoms. The summed E-state index contributed by atoms with van der Waals surface area (Å²) < 4.78 is 0. The molecule has 82 valence electrons. The largest absolute Gasteiger partial charge is 0.481 e. The Morgan fingerprint density at radius 2 is 1.94 bits per heavy atom. The van der Waals surface area contributed by atoms with Gasteiger partial charge in [0.15, 0.2) is 0 Å². The van der Waals surface area contributed by atoms with E-state index in [0.29, 0.717) is 19.3 Å². The number of carboxylic acids is 1. The molecule has 0 saturated heterocycles. The Hall–Kier alpha value is -1.75. The molecule has 1 N–H and O–H groups in total. The Morgan fingerprint density at radius 3 is 2.38 bits per heavy atom. The van der Waals surface area contributed by atoms with Crippen LogP contribution in [0.15, 0.2) is 24.3 Å². The van der Waals surface area contributed by atoms with Crippen molar-refractivity contribution >= 4 is 5.97 Å². The highest BCUT2D eigenvalue weighted by atomic mass is 16.4. The van der Waals surface area contributed by atoms with Gasteiger partial charge < -0.3 is 5.11 Å². The van der Waals surface area contributed by atoms with Crippen LogP contribution in [0.5, 0.6) is 0 Å². The monoisotopic (exact) mass is 214 g/mol. The molecule has 0 atom stereocenters. The van der Waals surface area contributed by atoms with E-state index in [4.69, 9.17) is 0 Å². The summed E-state index contributed by atoms with van der Waals surface area (Å²) in [5, 5.41) is 9.39. The van der Waals surface area contributed by atoms with E-state index >= 15 is 0 Å². The van der Waals surface area contributed by atoms with Gasteiger partial charge in [-0.1, -0.05) is 24.3 Å². The zero-order valence-corrected chi connectivity index (χ0v) is 9.29. The zero-order chi connectivity index (χ0) is 11.6. The summed E-state index contributed by atoms with van der Waals surface area (Å²) in [5.41, 5.74) is 1.61. The molecule has 0 bridgehead atoms. The van der Waals surface area contributed by atoms with Gasteiger partial charge in [0.05, 0.1) is 5.41 Å². The Morgan fingerprint density at radius 1 is 1.38 bits per heavy atom. The van der Waals surface area contributed by atoms with Crippen LogP contribution in [0.4, 0.5) is 0 Å². The number of hydrogen-bond donors (Lipinski definition) is 1. The zero-order valence-electron chi connectivity index (χ0n) is 9.29. The number of aliphatic carboxylic acids is 1. The summed E-state index contributed by atoms with van der Waals surface area (Å²) in [6.45, 7) is 1.75. The average Bonchev–Trinajstić information content (AvgIpc) is 2.66. The second kappa shape index (κ2) is 4.02. The summed E-state index contributed by atoms with van der Waals surface area (Å²) in [6, 6.07) is 7.95. The highest BCUT2D eigenvalue weighted by molar-refractivity contribution is 5.77. The van der Waals surface area contributed by atoms with Crippen molar-refractivity contribution in [3.8, 4) is 11.8 Å². The third kappa shape index (κ3) is 1.69. The molecule has 1 aliphatic carbocycles. The van der Waals surface area contributed by atoms with Crippen molar-refractivity contribution in [1.82, 2.24) is 0 Å². The highest BCUT2D eigenvalue weighted by Gasteiger charge is 2.43. The van der Waals surface area contributed by atoms with E-state index in [1.54, 1.807) is 6.92 Å². The fraction of sp³-hybridized carbons (Fsp3) is 0.357. The normalized spacial score (nSPS) is 16.1. The number of rotatable bonds is 2. The molecule has 2 nitrogen and oxygen atoms in total. The minimum atomic E-state index is -0.730. The summed E-state index contributed by atoms with van der Waals surface area (Å²) in [5.74, 6) is 4.97. The van der Waals surface area contributed by atoms with Gasteiger partial charge in [0.1, 0.15) is 0 Å². The predicted molar refractivity (Wildman–Crippen MR) is 62.0 cm³/mol. The fourth-order valence-corrected chi connectivity index (χ4v) is 2.30. The van der Waals surface area contributed by atoms with Crippen molar-refractivity contribution < 1.29 is 9.90 Å². The molecule has 1 aromatic rings. The molecule has 0 aromatic heterocycles. The first-order chi connectivity index (χ1) is 7.68. The number of fused-ring (bicyclic) bond motifs is 1. The Balaban J connectivity index is 2.33. The molecule has 0 unspecified atom stereocenters. The van der Waals surface area contributed by atoms with Gasteiger partial charge in [0.25, 0.3) is 0 Å². The maximum atomic E-state index is 11.4. The predicted octanol–water partition coefficient (Wildman–Crippen LogP) is 2.27. The molecular weight excluding hydrogens is 200 g/mol. The Labute approximate surface area is 95.3 Å². The first kappa shape index (κ1) is 10.8. The van der Waals surface area contributed by atoms with Crippen LogP contribution < -0.4 is 0 Å². The van der Waals surface area contributed by atoms with Crippen LogP contribution in [0.3, 0.4) is 0 Å².